The van der Waals surface area contributed by atoms with Crippen LogP contribution >= 0.6 is 11.6 Å². The minimum absolute atomic E-state index is 0.141. The van der Waals surface area contributed by atoms with Crippen LogP contribution < -0.4 is 16.0 Å². The average molecular weight is 435 g/mol. The molecule has 156 valence electrons. The number of nitrogens with one attached hydrogen (secondary N) is 1. The fraction of sp³-hybridized carbons (Fsp3) is 0.182. The summed E-state index contributed by atoms with van der Waals surface area (Å²) in [5.41, 5.74) is 9.27. The van der Waals surface area contributed by atoms with Crippen LogP contribution in [0.5, 0.6) is 5.75 Å². The number of hydrogen-bond acceptors (Lipinski definition) is 6. The van der Waals surface area contributed by atoms with Gasteiger partial charge >= 0.3 is 0 Å². The van der Waals surface area contributed by atoms with Crippen LogP contribution in [0, 0.1) is 11.3 Å². The smallest absolute Gasteiger partial charge is 0.273 e. The predicted molar refractivity (Wildman–Crippen MR) is 119 cm³/mol. The summed E-state index contributed by atoms with van der Waals surface area (Å²) >= 11 is 6.49. The van der Waals surface area contributed by atoms with Gasteiger partial charge in [-0.3, -0.25) is 9.48 Å². The number of aromatic nitrogens is 4. The fourth-order valence-corrected chi connectivity index (χ4v) is 4.00. The quantitative estimate of drug-likeness (QED) is 0.496. The van der Waals surface area contributed by atoms with Gasteiger partial charge in [-0.05, 0) is 30.7 Å². The van der Waals surface area contributed by atoms with Gasteiger partial charge in [-0.2, -0.15) is 15.5 Å². The monoisotopic (exact) mass is 434 g/mol. The topological polar surface area (TPSA) is 123 Å². The van der Waals surface area contributed by atoms with Gasteiger partial charge in [0.25, 0.3) is 5.56 Å². The van der Waals surface area contributed by atoms with Gasteiger partial charge in [0, 0.05) is 30.1 Å². The SMILES string of the molecule is CCOc1cccc(-c2c(-c3cc(Cl)c4c(=O)[nH]nc(CN)c4c3)cnn2C)c1C#N. The molecule has 0 fully saturated rings. The van der Waals surface area contributed by atoms with E-state index in [0.717, 1.165) is 16.8 Å². The molecule has 2 aromatic heterocycles. The molecule has 0 bridgehead atoms. The van der Waals surface area contributed by atoms with Crippen molar-refractivity contribution >= 4 is 22.4 Å². The van der Waals surface area contributed by atoms with Crippen molar-refractivity contribution in [3.63, 3.8) is 0 Å². The first-order valence-corrected chi connectivity index (χ1v) is 9.97. The Morgan fingerprint density at radius 1 is 1.32 bits per heavy atom. The van der Waals surface area contributed by atoms with Crippen LogP contribution in [-0.4, -0.2) is 26.6 Å². The van der Waals surface area contributed by atoms with Gasteiger partial charge in [-0.1, -0.05) is 23.7 Å². The molecule has 0 unspecified atom stereocenters. The molecule has 9 heteroatoms. The molecule has 0 amide bonds. The summed E-state index contributed by atoms with van der Waals surface area (Å²) < 4.78 is 7.33. The third-order valence-electron chi connectivity index (χ3n) is 5.06. The first-order chi connectivity index (χ1) is 15.0. The van der Waals surface area contributed by atoms with Gasteiger partial charge in [0.05, 0.1) is 34.6 Å². The molecule has 0 saturated heterocycles. The molecule has 0 saturated carbocycles. The molecule has 0 atom stereocenters. The van der Waals surface area contributed by atoms with Crippen molar-refractivity contribution in [1.29, 1.82) is 5.26 Å². The molecular formula is C22H19ClN6O2. The van der Waals surface area contributed by atoms with Crippen LogP contribution in [0.4, 0.5) is 0 Å². The van der Waals surface area contributed by atoms with Gasteiger partial charge in [0.2, 0.25) is 0 Å². The number of benzene rings is 2. The Labute approximate surface area is 182 Å². The standard InChI is InChI=1S/C22H19ClN6O2/c1-3-31-19-6-4-5-13(15(19)9-24)21-16(11-26-29(21)2)12-7-14-18(10-25)27-28-22(30)20(14)17(23)8-12/h4-8,11H,3,10,25H2,1-2H3,(H,28,30). The highest BCUT2D eigenvalue weighted by Gasteiger charge is 2.20. The lowest BCUT2D eigenvalue weighted by atomic mass is 9.96. The largest absolute Gasteiger partial charge is 0.492 e. The number of nitrogens with two attached hydrogens (primary N) is 1. The fourth-order valence-electron chi connectivity index (χ4n) is 3.70. The van der Waals surface area contributed by atoms with E-state index >= 15 is 0 Å². The van der Waals surface area contributed by atoms with E-state index in [1.54, 1.807) is 30.1 Å². The van der Waals surface area contributed by atoms with Crippen molar-refractivity contribution < 1.29 is 4.74 Å². The van der Waals surface area contributed by atoms with E-state index in [2.05, 4.69) is 21.4 Å². The molecule has 8 nitrogen and oxygen atoms in total. The summed E-state index contributed by atoms with van der Waals surface area (Å²) in [5.74, 6) is 0.507. The summed E-state index contributed by atoms with van der Waals surface area (Å²) in [6.45, 7) is 2.45. The van der Waals surface area contributed by atoms with Crippen LogP contribution in [0.2, 0.25) is 5.02 Å². The lowest BCUT2D eigenvalue weighted by Gasteiger charge is -2.13. The number of nitrogens with zero attached hydrogens (tertiary/aromatic N) is 4. The Morgan fingerprint density at radius 3 is 2.84 bits per heavy atom. The number of ether oxygens (including phenoxy) is 1. The van der Waals surface area contributed by atoms with Crippen molar-refractivity contribution in [2.75, 3.05) is 6.61 Å². The first kappa shape index (κ1) is 20.6. The molecule has 2 heterocycles. The molecule has 4 aromatic rings. The molecule has 31 heavy (non-hydrogen) atoms. The van der Waals surface area contributed by atoms with Gasteiger partial charge in [-0.15, -0.1) is 0 Å². The second-order valence-corrected chi connectivity index (χ2v) is 7.25. The molecule has 0 spiro atoms. The van der Waals surface area contributed by atoms with Crippen molar-refractivity contribution in [3.05, 3.63) is 63.2 Å². The van der Waals surface area contributed by atoms with Crippen LogP contribution in [0.1, 0.15) is 18.2 Å². The zero-order chi connectivity index (χ0) is 22.1. The minimum atomic E-state index is -0.383. The van der Waals surface area contributed by atoms with Crippen LogP contribution in [0.15, 0.2) is 41.3 Å². The summed E-state index contributed by atoms with van der Waals surface area (Å²) in [4.78, 5) is 12.3. The zero-order valence-corrected chi connectivity index (χ0v) is 17.7. The number of rotatable bonds is 5. The van der Waals surface area contributed by atoms with E-state index in [1.807, 2.05) is 25.1 Å². The summed E-state index contributed by atoms with van der Waals surface area (Å²) in [6, 6.07) is 11.2. The van der Waals surface area contributed by atoms with Gasteiger partial charge in [0.15, 0.2) is 0 Å². The van der Waals surface area contributed by atoms with Crippen LogP contribution in [0.25, 0.3) is 33.2 Å². The van der Waals surface area contributed by atoms with E-state index in [1.165, 1.54) is 0 Å². The highest BCUT2D eigenvalue weighted by molar-refractivity contribution is 6.36. The molecule has 3 N–H and O–H groups in total. The molecule has 0 aliphatic carbocycles. The number of aromatic amines is 1. The van der Waals surface area contributed by atoms with Crippen molar-refractivity contribution in [2.45, 2.75) is 13.5 Å². The lowest BCUT2D eigenvalue weighted by Crippen LogP contribution is -2.13. The minimum Gasteiger partial charge on any atom is -0.492 e. The number of halogens is 1. The van der Waals surface area contributed by atoms with Crippen molar-refractivity contribution in [3.8, 4) is 34.2 Å². The van der Waals surface area contributed by atoms with E-state index in [9.17, 15) is 10.1 Å². The average Bonchev–Trinajstić information content (AvgIpc) is 3.15. The number of H-pyrrole nitrogens is 1. The Hall–Kier alpha value is -3.67. The highest BCUT2D eigenvalue weighted by Crippen LogP contribution is 2.38. The molecule has 0 aliphatic heterocycles. The summed E-state index contributed by atoms with van der Waals surface area (Å²) in [5, 5.41) is 21.9. The van der Waals surface area contributed by atoms with E-state index in [0.29, 0.717) is 39.9 Å². The van der Waals surface area contributed by atoms with Crippen molar-refractivity contribution in [1.82, 2.24) is 20.0 Å². The maximum absolute atomic E-state index is 12.3. The van der Waals surface area contributed by atoms with Gasteiger partial charge < -0.3 is 10.5 Å². The maximum Gasteiger partial charge on any atom is 0.273 e. The number of hydrogen-bond donors (Lipinski definition) is 2. The lowest BCUT2D eigenvalue weighted by molar-refractivity contribution is 0.339. The van der Waals surface area contributed by atoms with E-state index < -0.39 is 0 Å². The van der Waals surface area contributed by atoms with E-state index in [4.69, 9.17) is 22.1 Å². The Bertz CT molecular complexity index is 1400. The molecule has 4 rings (SSSR count). The van der Waals surface area contributed by atoms with Crippen LogP contribution in [0.3, 0.4) is 0 Å². The molecular weight excluding hydrogens is 416 g/mol. The first-order valence-electron chi connectivity index (χ1n) is 9.59. The second kappa shape index (κ2) is 8.22. The summed E-state index contributed by atoms with van der Waals surface area (Å²) in [6.07, 6.45) is 1.70. The number of nitriles is 1. The second-order valence-electron chi connectivity index (χ2n) is 6.84. The van der Waals surface area contributed by atoms with Gasteiger partial charge in [0.1, 0.15) is 17.4 Å². The highest BCUT2D eigenvalue weighted by atomic mass is 35.5. The van der Waals surface area contributed by atoms with Gasteiger partial charge in [-0.25, -0.2) is 5.10 Å². The zero-order valence-electron chi connectivity index (χ0n) is 16.9. The number of aryl methyl sites for hydroxylation is 1. The van der Waals surface area contributed by atoms with E-state index in [-0.39, 0.29) is 17.1 Å². The molecule has 2 aromatic carbocycles. The molecule has 0 radical (unpaired) electrons. The Morgan fingerprint density at radius 2 is 2.13 bits per heavy atom. The number of fused-ring (bicyclic) bond motifs is 1. The third kappa shape index (κ3) is 3.44. The van der Waals surface area contributed by atoms with Crippen LogP contribution in [-0.2, 0) is 13.6 Å². The predicted octanol–water partition coefficient (Wildman–Crippen LogP) is 3.37. The summed E-state index contributed by atoms with van der Waals surface area (Å²) in [7, 11) is 1.80. The maximum atomic E-state index is 12.3. The third-order valence-corrected chi connectivity index (χ3v) is 5.35. The molecule has 0 aliphatic rings. The Balaban J connectivity index is 2.01. The normalized spacial score (nSPS) is 10.9. The Kier molecular flexibility index (Phi) is 5.46. The van der Waals surface area contributed by atoms with Crippen molar-refractivity contribution in [2.24, 2.45) is 12.8 Å².